The fraction of sp³-hybridized carbons (Fsp3) is 0.348. The number of aromatic nitrogens is 1. The number of halogens is 1. The van der Waals surface area contributed by atoms with Gasteiger partial charge in [0.15, 0.2) is 0 Å². The van der Waals surface area contributed by atoms with Crippen molar-refractivity contribution >= 4 is 28.9 Å². The number of nitrogens with zero attached hydrogens (tertiary/aromatic N) is 1. The second-order valence-corrected chi connectivity index (χ2v) is 7.66. The molecule has 158 valence electrons. The lowest BCUT2D eigenvalue weighted by molar-refractivity contribution is -0.120. The number of fused-ring (bicyclic) bond motifs is 3. The molecule has 0 spiro atoms. The Morgan fingerprint density at radius 3 is 2.70 bits per heavy atom. The van der Waals surface area contributed by atoms with Crippen LogP contribution in [0.15, 0.2) is 42.5 Å². The number of aromatic amines is 1. The zero-order valence-electron chi connectivity index (χ0n) is 16.9. The van der Waals surface area contributed by atoms with E-state index in [-0.39, 0.29) is 6.04 Å². The minimum atomic E-state index is -0.163. The minimum Gasteiger partial charge on any atom is -0.491 e. The standard InChI is InChI=1S/C23H25ClN2O4/c1-28-10-11-29-12-13-30-18-5-2-16(3-6-18)23-22-19(8-9-26(23)15-27)20-14-17(24)4-7-21(20)25-22/h2-7,14-15,23,25H,8-13H2,1H3. The van der Waals surface area contributed by atoms with Gasteiger partial charge in [-0.2, -0.15) is 0 Å². The average molecular weight is 429 g/mol. The molecule has 1 atom stereocenters. The van der Waals surface area contributed by atoms with Crippen molar-refractivity contribution in [3.63, 3.8) is 0 Å². The molecule has 3 aromatic rings. The molecule has 1 aliphatic rings. The molecule has 0 radical (unpaired) electrons. The zero-order valence-corrected chi connectivity index (χ0v) is 17.7. The van der Waals surface area contributed by atoms with Crippen LogP contribution in [0.2, 0.25) is 5.02 Å². The summed E-state index contributed by atoms with van der Waals surface area (Å²) in [4.78, 5) is 17.1. The lowest BCUT2D eigenvalue weighted by Gasteiger charge is -2.33. The van der Waals surface area contributed by atoms with Crippen molar-refractivity contribution in [1.82, 2.24) is 9.88 Å². The van der Waals surface area contributed by atoms with Crippen LogP contribution in [0.5, 0.6) is 5.75 Å². The Balaban J connectivity index is 1.52. The van der Waals surface area contributed by atoms with E-state index in [0.29, 0.717) is 38.0 Å². The van der Waals surface area contributed by atoms with Crippen molar-refractivity contribution in [2.45, 2.75) is 12.5 Å². The molecule has 1 unspecified atom stereocenters. The predicted octanol–water partition coefficient (Wildman–Crippen LogP) is 3.97. The van der Waals surface area contributed by atoms with Gasteiger partial charge in [0, 0.05) is 35.3 Å². The molecular weight excluding hydrogens is 404 g/mol. The maximum atomic E-state index is 11.8. The Hall–Kier alpha value is -2.54. The Morgan fingerprint density at radius 2 is 1.93 bits per heavy atom. The number of carbonyl (C=O) groups is 1. The lowest BCUT2D eigenvalue weighted by atomic mass is 9.93. The summed E-state index contributed by atoms with van der Waals surface area (Å²) in [7, 11) is 1.65. The number of carbonyl (C=O) groups excluding carboxylic acids is 1. The molecule has 2 aromatic carbocycles. The first kappa shape index (κ1) is 20.7. The smallest absolute Gasteiger partial charge is 0.210 e. The fourth-order valence-corrected chi connectivity index (χ4v) is 4.13. The molecule has 1 aromatic heterocycles. The van der Waals surface area contributed by atoms with Gasteiger partial charge in [0.25, 0.3) is 0 Å². The van der Waals surface area contributed by atoms with Gasteiger partial charge in [-0.15, -0.1) is 0 Å². The number of hydrogen-bond donors (Lipinski definition) is 1. The molecule has 6 nitrogen and oxygen atoms in total. The molecule has 30 heavy (non-hydrogen) atoms. The molecule has 0 bridgehead atoms. The monoisotopic (exact) mass is 428 g/mol. The number of ether oxygens (including phenoxy) is 3. The zero-order chi connectivity index (χ0) is 20.9. The van der Waals surface area contributed by atoms with Crippen LogP contribution < -0.4 is 4.74 Å². The minimum absolute atomic E-state index is 0.163. The van der Waals surface area contributed by atoms with E-state index in [2.05, 4.69) is 4.98 Å². The molecular formula is C23H25ClN2O4. The van der Waals surface area contributed by atoms with Gasteiger partial charge in [-0.25, -0.2) is 0 Å². The van der Waals surface area contributed by atoms with Crippen LogP contribution in [-0.2, 0) is 20.7 Å². The van der Waals surface area contributed by atoms with Crippen LogP contribution in [0, 0.1) is 0 Å². The van der Waals surface area contributed by atoms with E-state index in [9.17, 15) is 4.79 Å². The summed E-state index contributed by atoms with van der Waals surface area (Å²) in [5.41, 5.74) is 4.34. The second-order valence-electron chi connectivity index (χ2n) is 7.23. The Kier molecular flexibility index (Phi) is 6.57. The van der Waals surface area contributed by atoms with Crippen LogP contribution in [-0.4, -0.2) is 56.4 Å². The predicted molar refractivity (Wildman–Crippen MR) is 116 cm³/mol. The largest absolute Gasteiger partial charge is 0.491 e. The number of benzene rings is 2. The topological polar surface area (TPSA) is 63.8 Å². The van der Waals surface area contributed by atoms with Gasteiger partial charge in [-0.3, -0.25) is 4.79 Å². The molecule has 0 aliphatic carbocycles. The van der Waals surface area contributed by atoms with E-state index in [4.69, 9.17) is 25.8 Å². The second kappa shape index (κ2) is 9.51. The van der Waals surface area contributed by atoms with Crippen molar-refractivity contribution in [2.24, 2.45) is 0 Å². The molecule has 1 N–H and O–H groups in total. The summed E-state index contributed by atoms with van der Waals surface area (Å²) in [5.74, 6) is 0.770. The molecule has 0 saturated heterocycles. The SMILES string of the molecule is COCCOCCOc1ccc(C2c3[nH]c4ccc(Cl)cc4c3CCN2C=O)cc1. The van der Waals surface area contributed by atoms with Crippen LogP contribution in [0.4, 0.5) is 0 Å². The maximum absolute atomic E-state index is 11.8. The molecule has 0 fully saturated rings. The van der Waals surface area contributed by atoms with Crippen LogP contribution >= 0.6 is 11.6 Å². The van der Waals surface area contributed by atoms with E-state index >= 15 is 0 Å². The fourth-order valence-electron chi connectivity index (χ4n) is 3.96. The number of rotatable bonds is 9. The normalized spacial score (nSPS) is 15.9. The van der Waals surface area contributed by atoms with Gasteiger partial charge in [0.2, 0.25) is 6.41 Å². The third-order valence-electron chi connectivity index (χ3n) is 5.39. The van der Waals surface area contributed by atoms with E-state index in [1.54, 1.807) is 7.11 Å². The van der Waals surface area contributed by atoms with Crippen molar-refractivity contribution in [2.75, 3.05) is 40.1 Å². The van der Waals surface area contributed by atoms with Gasteiger partial charge in [0.1, 0.15) is 12.4 Å². The van der Waals surface area contributed by atoms with Crippen molar-refractivity contribution in [3.05, 3.63) is 64.3 Å². The van der Waals surface area contributed by atoms with Crippen LogP contribution in [0.25, 0.3) is 10.9 Å². The van der Waals surface area contributed by atoms with E-state index in [0.717, 1.165) is 40.7 Å². The molecule has 2 heterocycles. The summed E-state index contributed by atoms with van der Waals surface area (Å²) < 4.78 is 16.1. The summed E-state index contributed by atoms with van der Waals surface area (Å²) in [6.45, 7) is 2.77. The van der Waals surface area contributed by atoms with E-state index < -0.39 is 0 Å². The van der Waals surface area contributed by atoms with Crippen molar-refractivity contribution in [1.29, 1.82) is 0 Å². The third-order valence-corrected chi connectivity index (χ3v) is 5.62. The molecule has 1 aliphatic heterocycles. The van der Waals surface area contributed by atoms with Crippen molar-refractivity contribution in [3.8, 4) is 5.75 Å². The summed E-state index contributed by atoms with van der Waals surface area (Å²) in [6.07, 6.45) is 1.73. The van der Waals surface area contributed by atoms with E-state index in [1.165, 1.54) is 5.56 Å². The van der Waals surface area contributed by atoms with Gasteiger partial charge in [-0.1, -0.05) is 23.7 Å². The number of methoxy groups -OCH3 is 1. The molecule has 0 saturated carbocycles. The van der Waals surface area contributed by atoms with Gasteiger partial charge >= 0.3 is 0 Å². The lowest BCUT2D eigenvalue weighted by Crippen LogP contribution is -2.34. The van der Waals surface area contributed by atoms with Gasteiger partial charge in [0.05, 0.1) is 25.9 Å². The van der Waals surface area contributed by atoms with Crippen LogP contribution in [0.1, 0.15) is 22.9 Å². The van der Waals surface area contributed by atoms with Gasteiger partial charge < -0.3 is 24.1 Å². The first-order valence-electron chi connectivity index (χ1n) is 10.0. The highest BCUT2D eigenvalue weighted by molar-refractivity contribution is 6.31. The molecule has 4 rings (SSSR count). The molecule has 7 heteroatoms. The third kappa shape index (κ3) is 4.31. The van der Waals surface area contributed by atoms with E-state index in [1.807, 2.05) is 47.4 Å². The summed E-state index contributed by atoms with van der Waals surface area (Å²) in [5, 5.41) is 1.84. The maximum Gasteiger partial charge on any atom is 0.210 e. The number of nitrogens with one attached hydrogen (secondary N) is 1. The average Bonchev–Trinajstić information content (AvgIpc) is 3.13. The highest BCUT2D eigenvalue weighted by Crippen LogP contribution is 2.38. The first-order chi connectivity index (χ1) is 14.7. The number of H-pyrrole nitrogens is 1. The Morgan fingerprint density at radius 1 is 1.13 bits per heavy atom. The first-order valence-corrected chi connectivity index (χ1v) is 10.4. The van der Waals surface area contributed by atoms with Gasteiger partial charge in [-0.05, 0) is 47.9 Å². The molecule has 1 amide bonds. The quantitative estimate of drug-likeness (QED) is 0.414. The Bertz CT molecular complexity index is 1000. The summed E-state index contributed by atoms with van der Waals surface area (Å²) in [6, 6.07) is 13.6. The number of hydrogen-bond acceptors (Lipinski definition) is 4. The summed E-state index contributed by atoms with van der Waals surface area (Å²) >= 11 is 6.21. The Labute approximate surface area is 180 Å². The van der Waals surface area contributed by atoms with Crippen molar-refractivity contribution < 1.29 is 19.0 Å². The van der Waals surface area contributed by atoms with Crippen LogP contribution in [0.3, 0.4) is 0 Å². The number of amides is 1. The highest BCUT2D eigenvalue weighted by Gasteiger charge is 2.31. The highest BCUT2D eigenvalue weighted by atomic mass is 35.5.